The van der Waals surface area contributed by atoms with E-state index in [1.165, 1.54) is 22.3 Å². The maximum absolute atomic E-state index is 4.80. The molecule has 0 radical (unpaired) electrons. The Kier molecular flexibility index (Phi) is 7.21. The standard InChI is InChI=1S/C25H27N7/c1-2-27-25(30-16-23-8-5-6-14-28-23)29-15-22-7-3-4-9-24(22)21-12-10-20(11-13-21)17-32-19-26-18-31-32/h3-14,18-19H,2,15-17H2,1H3,(H2,27,29,30). The fourth-order valence-corrected chi connectivity index (χ4v) is 3.41. The fourth-order valence-electron chi connectivity index (χ4n) is 3.41. The molecule has 0 bridgehead atoms. The lowest BCUT2D eigenvalue weighted by Gasteiger charge is -2.13. The number of hydrogen-bond acceptors (Lipinski definition) is 4. The number of aliphatic imine (C=N–C) groups is 1. The predicted molar refractivity (Wildman–Crippen MR) is 127 cm³/mol. The van der Waals surface area contributed by atoms with E-state index < -0.39 is 0 Å². The molecule has 2 aromatic heterocycles. The lowest BCUT2D eigenvalue weighted by molar-refractivity contribution is 0.685. The SMILES string of the molecule is CCNC(=NCc1ccccc1-c1ccc(Cn2cncn2)cc1)NCc1ccccn1. The second-order valence-electron chi connectivity index (χ2n) is 7.32. The summed E-state index contributed by atoms with van der Waals surface area (Å²) >= 11 is 0. The van der Waals surface area contributed by atoms with Gasteiger partial charge in [0.2, 0.25) is 0 Å². The second kappa shape index (κ2) is 10.9. The highest BCUT2D eigenvalue weighted by atomic mass is 15.3. The van der Waals surface area contributed by atoms with Gasteiger partial charge >= 0.3 is 0 Å². The van der Waals surface area contributed by atoms with Crippen LogP contribution in [0.15, 0.2) is 90.6 Å². The van der Waals surface area contributed by atoms with Crippen LogP contribution in [0.4, 0.5) is 0 Å². The Morgan fingerprint density at radius 1 is 0.969 bits per heavy atom. The van der Waals surface area contributed by atoms with Crippen LogP contribution < -0.4 is 10.6 Å². The minimum absolute atomic E-state index is 0.578. The monoisotopic (exact) mass is 425 g/mol. The normalized spacial score (nSPS) is 11.3. The topological polar surface area (TPSA) is 80.0 Å². The van der Waals surface area contributed by atoms with Crippen LogP contribution in [-0.2, 0) is 19.6 Å². The van der Waals surface area contributed by atoms with Crippen molar-refractivity contribution in [3.63, 3.8) is 0 Å². The van der Waals surface area contributed by atoms with E-state index in [0.717, 1.165) is 18.2 Å². The van der Waals surface area contributed by atoms with Gasteiger partial charge < -0.3 is 10.6 Å². The van der Waals surface area contributed by atoms with E-state index in [0.29, 0.717) is 19.6 Å². The molecule has 2 aromatic carbocycles. The fraction of sp³-hybridized carbons (Fsp3) is 0.200. The van der Waals surface area contributed by atoms with E-state index in [1.807, 2.05) is 22.9 Å². The largest absolute Gasteiger partial charge is 0.357 e. The Balaban J connectivity index is 1.47. The quantitative estimate of drug-likeness (QED) is 0.333. The van der Waals surface area contributed by atoms with E-state index in [9.17, 15) is 0 Å². The van der Waals surface area contributed by atoms with Gasteiger partial charge in [0, 0.05) is 12.7 Å². The van der Waals surface area contributed by atoms with Crippen LogP contribution in [-0.4, -0.2) is 32.3 Å². The summed E-state index contributed by atoms with van der Waals surface area (Å²) < 4.78 is 1.82. The van der Waals surface area contributed by atoms with E-state index in [1.54, 1.807) is 18.9 Å². The summed E-state index contributed by atoms with van der Waals surface area (Å²) in [7, 11) is 0. The van der Waals surface area contributed by atoms with Crippen LogP contribution in [0.2, 0.25) is 0 Å². The van der Waals surface area contributed by atoms with Crippen LogP contribution in [0.3, 0.4) is 0 Å². The van der Waals surface area contributed by atoms with Crippen LogP contribution in [0.1, 0.15) is 23.7 Å². The molecule has 0 saturated carbocycles. The van der Waals surface area contributed by atoms with Gasteiger partial charge in [0.25, 0.3) is 0 Å². The summed E-state index contributed by atoms with van der Waals surface area (Å²) in [5.74, 6) is 0.774. The first-order valence-electron chi connectivity index (χ1n) is 10.7. The summed E-state index contributed by atoms with van der Waals surface area (Å²) in [6.07, 6.45) is 5.08. The molecule has 2 heterocycles. The van der Waals surface area contributed by atoms with Gasteiger partial charge in [0.1, 0.15) is 12.7 Å². The molecule has 7 nitrogen and oxygen atoms in total. The Labute approximate surface area is 188 Å². The summed E-state index contributed by atoms with van der Waals surface area (Å²) in [5.41, 5.74) is 5.69. The van der Waals surface area contributed by atoms with Crippen molar-refractivity contribution in [3.05, 3.63) is 102 Å². The summed E-state index contributed by atoms with van der Waals surface area (Å²) in [5, 5.41) is 10.8. The third-order valence-electron chi connectivity index (χ3n) is 5.01. The molecule has 4 aromatic rings. The predicted octanol–water partition coefficient (Wildman–Crippen LogP) is 3.64. The zero-order valence-electron chi connectivity index (χ0n) is 18.1. The van der Waals surface area contributed by atoms with Crippen molar-refractivity contribution in [3.8, 4) is 11.1 Å². The lowest BCUT2D eigenvalue weighted by atomic mass is 9.98. The van der Waals surface area contributed by atoms with Gasteiger partial charge in [-0.25, -0.2) is 14.7 Å². The smallest absolute Gasteiger partial charge is 0.191 e. The number of nitrogens with one attached hydrogen (secondary N) is 2. The Morgan fingerprint density at radius 3 is 2.56 bits per heavy atom. The summed E-state index contributed by atoms with van der Waals surface area (Å²) in [4.78, 5) is 13.2. The highest BCUT2D eigenvalue weighted by Crippen LogP contribution is 2.25. The number of aromatic nitrogens is 4. The minimum atomic E-state index is 0.578. The van der Waals surface area contributed by atoms with Crippen LogP contribution in [0, 0.1) is 0 Å². The first-order valence-corrected chi connectivity index (χ1v) is 10.7. The van der Waals surface area contributed by atoms with E-state index in [4.69, 9.17) is 4.99 Å². The van der Waals surface area contributed by atoms with Gasteiger partial charge in [0.15, 0.2) is 5.96 Å². The Morgan fingerprint density at radius 2 is 1.81 bits per heavy atom. The molecule has 0 saturated heterocycles. The number of rotatable bonds is 8. The van der Waals surface area contributed by atoms with E-state index in [2.05, 4.69) is 81.2 Å². The average molecular weight is 426 g/mol. The van der Waals surface area contributed by atoms with Crippen molar-refractivity contribution >= 4 is 5.96 Å². The van der Waals surface area contributed by atoms with Gasteiger partial charge in [-0.2, -0.15) is 5.10 Å². The van der Waals surface area contributed by atoms with Crippen LogP contribution in [0.5, 0.6) is 0 Å². The number of hydrogen-bond donors (Lipinski definition) is 2. The summed E-state index contributed by atoms with van der Waals surface area (Å²) in [6, 6.07) is 22.9. The molecular formula is C25H27N7. The van der Waals surface area contributed by atoms with Gasteiger partial charge in [-0.05, 0) is 41.3 Å². The molecule has 7 heteroatoms. The van der Waals surface area contributed by atoms with Crippen molar-refractivity contribution in [1.82, 2.24) is 30.4 Å². The van der Waals surface area contributed by atoms with Crippen molar-refractivity contribution in [2.75, 3.05) is 6.54 Å². The highest BCUT2D eigenvalue weighted by Gasteiger charge is 2.06. The van der Waals surface area contributed by atoms with Gasteiger partial charge in [-0.1, -0.05) is 54.6 Å². The van der Waals surface area contributed by atoms with Crippen molar-refractivity contribution in [2.24, 2.45) is 4.99 Å². The second-order valence-corrected chi connectivity index (χ2v) is 7.32. The van der Waals surface area contributed by atoms with E-state index in [-0.39, 0.29) is 0 Å². The zero-order chi connectivity index (χ0) is 22.0. The van der Waals surface area contributed by atoms with Crippen molar-refractivity contribution < 1.29 is 0 Å². The first kappa shape index (κ1) is 21.2. The van der Waals surface area contributed by atoms with Crippen LogP contribution in [0.25, 0.3) is 11.1 Å². The molecule has 32 heavy (non-hydrogen) atoms. The lowest BCUT2D eigenvalue weighted by Crippen LogP contribution is -2.37. The number of nitrogens with zero attached hydrogens (tertiary/aromatic N) is 5. The van der Waals surface area contributed by atoms with E-state index >= 15 is 0 Å². The van der Waals surface area contributed by atoms with Crippen LogP contribution >= 0.6 is 0 Å². The molecule has 0 aliphatic rings. The minimum Gasteiger partial charge on any atom is -0.357 e. The third-order valence-corrected chi connectivity index (χ3v) is 5.01. The number of benzene rings is 2. The highest BCUT2D eigenvalue weighted by molar-refractivity contribution is 5.80. The molecule has 0 fully saturated rings. The van der Waals surface area contributed by atoms with Gasteiger partial charge in [-0.15, -0.1) is 0 Å². The molecule has 2 N–H and O–H groups in total. The Hall–Kier alpha value is -4.00. The zero-order valence-corrected chi connectivity index (χ0v) is 18.1. The number of pyridine rings is 1. The average Bonchev–Trinajstić information content (AvgIpc) is 3.35. The van der Waals surface area contributed by atoms with Crippen molar-refractivity contribution in [1.29, 1.82) is 0 Å². The molecule has 162 valence electrons. The Bertz CT molecular complexity index is 1120. The molecule has 0 spiro atoms. The summed E-state index contributed by atoms with van der Waals surface area (Å²) in [6.45, 7) is 4.77. The third kappa shape index (κ3) is 5.78. The van der Waals surface area contributed by atoms with Gasteiger partial charge in [-0.3, -0.25) is 4.98 Å². The molecule has 0 aliphatic heterocycles. The maximum Gasteiger partial charge on any atom is 0.191 e. The first-order chi connectivity index (χ1) is 15.8. The van der Waals surface area contributed by atoms with Gasteiger partial charge in [0.05, 0.1) is 25.3 Å². The molecule has 0 atom stereocenters. The molecule has 0 amide bonds. The maximum atomic E-state index is 4.80. The molecule has 0 aliphatic carbocycles. The number of guanidine groups is 1. The molecule has 4 rings (SSSR count). The molecule has 0 unspecified atom stereocenters. The van der Waals surface area contributed by atoms with Crippen molar-refractivity contribution in [2.45, 2.75) is 26.6 Å². The molecular weight excluding hydrogens is 398 g/mol.